The van der Waals surface area contributed by atoms with E-state index >= 15 is 8.78 Å². The first-order chi connectivity index (χ1) is 21.6. The van der Waals surface area contributed by atoms with Crippen LogP contribution >= 0.6 is 0 Å². The normalized spacial score (nSPS) is 23.2. The van der Waals surface area contributed by atoms with Crippen LogP contribution in [0.15, 0.2) is 59.9 Å². The Hall–Kier alpha value is -3.39. The minimum atomic E-state index is -5.38. The van der Waals surface area contributed by atoms with Gasteiger partial charge in [-0.25, -0.2) is 17.6 Å². The molecule has 0 spiro atoms. The van der Waals surface area contributed by atoms with Gasteiger partial charge >= 0.3 is 12.5 Å². The minimum Gasteiger partial charge on any atom is -0.400 e. The largest absolute Gasteiger partial charge is 0.573 e. The van der Waals surface area contributed by atoms with Crippen LogP contribution in [-0.4, -0.2) is 19.1 Å². The van der Waals surface area contributed by atoms with Crippen molar-refractivity contribution in [3.8, 4) is 24.0 Å². The van der Waals surface area contributed by atoms with Gasteiger partial charge in [0.2, 0.25) is 0 Å². The first kappa shape index (κ1) is 37.1. The number of allylic oxidation sites excluding steroid dienone is 2. The lowest BCUT2D eigenvalue weighted by molar-refractivity contribution is -0.305. The fourth-order valence-electron chi connectivity index (χ4n) is 6.21. The highest BCUT2D eigenvalue weighted by Crippen LogP contribution is 2.44. The summed E-state index contributed by atoms with van der Waals surface area (Å²) in [6.45, 7) is 1.60. The molecular formula is C35H37F9O2. The number of terminal acetylenes is 1. The maximum Gasteiger partial charge on any atom is 0.573 e. The fourth-order valence-corrected chi connectivity index (χ4v) is 6.21. The smallest absolute Gasteiger partial charge is 0.400 e. The Morgan fingerprint density at radius 2 is 1.43 bits per heavy atom. The molecule has 0 N–H and O–H groups in total. The van der Waals surface area contributed by atoms with Gasteiger partial charge < -0.3 is 9.47 Å². The third-order valence-electron chi connectivity index (χ3n) is 8.72. The Morgan fingerprint density at radius 3 is 1.98 bits per heavy atom. The second-order valence-electron chi connectivity index (χ2n) is 11.8. The maximum atomic E-state index is 15.2. The monoisotopic (exact) mass is 660 g/mol. The van der Waals surface area contributed by atoms with Crippen LogP contribution in [0, 0.1) is 36.3 Å². The van der Waals surface area contributed by atoms with Crippen LogP contribution in [0.25, 0.3) is 11.1 Å². The zero-order chi connectivity index (χ0) is 34.2. The van der Waals surface area contributed by atoms with Gasteiger partial charge in [0, 0.05) is 5.56 Å². The quantitative estimate of drug-likeness (QED) is 0.115. The van der Waals surface area contributed by atoms with Crippen LogP contribution in [0.3, 0.4) is 0 Å². The highest BCUT2D eigenvalue weighted by molar-refractivity contribution is 5.65. The molecule has 0 heterocycles. The van der Waals surface area contributed by atoms with E-state index in [2.05, 4.69) is 29.2 Å². The van der Waals surface area contributed by atoms with Gasteiger partial charge in [-0.05, 0) is 98.1 Å². The van der Waals surface area contributed by atoms with E-state index in [9.17, 15) is 30.7 Å². The number of benzene rings is 2. The molecule has 4 rings (SSSR count). The van der Waals surface area contributed by atoms with Gasteiger partial charge in [-0.15, -0.1) is 26.0 Å². The van der Waals surface area contributed by atoms with Gasteiger partial charge in [0.15, 0.2) is 11.6 Å². The summed E-state index contributed by atoms with van der Waals surface area (Å²) in [6.07, 6.45) is 3.59. The third-order valence-corrected chi connectivity index (χ3v) is 8.72. The van der Waals surface area contributed by atoms with Crippen LogP contribution in [0.2, 0.25) is 0 Å². The Labute approximate surface area is 263 Å². The predicted octanol–water partition coefficient (Wildman–Crippen LogP) is 11.6. The number of halogens is 9. The first-order valence-electron chi connectivity index (χ1n) is 15.1. The third kappa shape index (κ3) is 9.81. The van der Waals surface area contributed by atoms with Crippen LogP contribution in [0.5, 0.6) is 0 Å². The first-order valence-corrected chi connectivity index (χ1v) is 15.1. The van der Waals surface area contributed by atoms with E-state index in [4.69, 9.17) is 0 Å². The lowest BCUT2D eigenvalue weighted by Crippen LogP contribution is -2.34. The number of rotatable bonds is 9. The van der Waals surface area contributed by atoms with Crippen molar-refractivity contribution in [2.24, 2.45) is 11.8 Å². The van der Waals surface area contributed by atoms with Crippen LogP contribution < -0.4 is 0 Å². The van der Waals surface area contributed by atoms with Crippen LogP contribution in [0.1, 0.15) is 88.2 Å². The standard InChI is InChI=1S/C33H35F9O2.C2H2/c1-19-3-5-21(6-4-19)23-9-13-27(29(36)17-23)24-10-14-26(30(37)18-24)22-7-11-25(12-8-22)32(38,39)43-16-15-28(35)31(20(2)34)44-33(40,41)42;1-2/h9-10,13-15,17-19,21-22,25H,3-8,11-12,16H2,1-2H3;1-2H/b28-15+,31-20-;. The lowest BCUT2D eigenvalue weighted by Gasteiger charge is -2.33. The van der Waals surface area contributed by atoms with Crippen molar-refractivity contribution in [2.75, 3.05) is 6.61 Å². The summed E-state index contributed by atoms with van der Waals surface area (Å²) in [7, 11) is 0. The Kier molecular flexibility index (Phi) is 12.8. The predicted molar refractivity (Wildman–Crippen MR) is 158 cm³/mol. The van der Waals surface area contributed by atoms with Crippen LogP contribution in [-0.2, 0) is 9.47 Å². The Morgan fingerprint density at radius 1 is 0.826 bits per heavy atom. The summed E-state index contributed by atoms with van der Waals surface area (Å²) in [5.41, 5.74) is 1.94. The summed E-state index contributed by atoms with van der Waals surface area (Å²) >= 11 is 0. The van der Waals surface area contributed by atoms with Crippen molar-refractivity contribution in [3.63, 3.8) is 0 Å². The molecule has 0 aliphatic heterocycles. The molecule has 11 heteroatoms. The number of alkyl halides is 5. The molecule has 0 radical (unpaired) electrons. The Bertz CT molecular complexity index is 1390. The van der Waals surface area contributed by atoms with Crippen molar-refractivity contribution in [2.45, 2.75) is 89.5 Å². The molecule has 2 aromatic rings. The summed E-state index contributed by atoms with van der Waals surface area (Å²) in [4.78, 5) is 0. The molecule has 46 heavy (non-hydrogen) atoms. The lowest BCUT2D eigenvalue weighted by atomic mass is 9.77. The van der Waals surface area contributed by atoms with Gasteiger partial charge in [-0.1, -0.05) is 44.0 Å². The molecule has 0 saturated heterocycles. The van der Waals surface area contributed by atoms with E-state index in [1.807, 2.05) is 6.07 Å². The SMILES string of the molecule is C#C.C/C(F)=C(OC(F)(F)F)\C(F)=C/COC(F)(F)C1CCC(c2ccc(-c3ccc(C4CCC(C)CC4)cc3F)cc2F)CC1. The zero-order valence-corrected chi connectivity index (χ0v) is 25.6. The number of ether oxygens (including phenoxy) is 2. The van der Waals surface area contributed by atoms with Crippen molar-refractivity contribution < 1.29 is 49.0 Å². The molecule has 0 aromatic heterocycles. The average molecular weight is 661 g/mol. The molecule has 2 aliphatic carbocycles. The summed E-state index contributed by atoms with van der Waals surface area (Å²) in [5.74, 6) is -6.91. The summed E-state index contributed by atoms with van der Waals surface area (Å²) < 4.78 is 132. The average Bonchev–Trinajstić information content (AvgIpc) is 3.00. The van der Waals surface area contributed by atoms with Gasteiger partial charge in [0.05, 0.1) is 12.5 Å². The van der Waals surface area contributed by atoms with E-state index in [0.29, 0.717) is 29.9 Å². The topological polar surface area (TPSA) is 18.5 Å². The second kappa shape index (κ2) is 15.9. The maximum absolute atomic E-state index is 15.2. The molecule has 0 amide bonds. The fraction of sp³-hybridized carbons (Fsp3) is 0.486. The molecule has 2 fully saturated rings. The number of hydrogen-bond donors (Lipinski definition) is 0. The van der Waals surface area contributed by atoms with Gasteiger partial charge in [0.1, 0.15) is 17.5 Å². The highest BCUT2D eigenvalue weighted by Gasteiger charge is 2.43. The number of hydrogen-bond acceptors (Lipinski definition) is 2. The van der Waals surface area contributed by atoms with E-state index in [1.165, 1.54) is 12.1 Å². The van der Waals surface area contributed by atoms with Gasteiger partial charge in [-0.2, -0.15) is 8.78 Å². The molecule has 2 aliphatic rings. The molecule has 252 valence electrons. The molecule has 0 bridgehead atoms. The van der Waals surface area contributed by atoms with E-state index in [0.717, 1.165) is 31.2 Å². The Balaban J connectivity index is 0.00000282. The van der Waals surface area contributed by atoms with Crippen molar-refractivity contribution >= 4 is 0 Å². The molecule has 2 nitrogen and oxygen atoms in total. The summed E-state index contributed by atoms with van der Waals surface area (Å²) in [5, 5.41) is 0. The molecular weight excluding hydrogens is 623 g/mol. The highest BCUT2D eigenvalue weighted by atomic mass is 19.4. The van der Waals surface area contributed by atoms with Gasteiger partial charge in [0.25, 0.3) is 0 Å². The van der Waals surface area contributed by atoms with Crippen molar-refractivity contribution in [1.82, 2.24) is 0 Å². The molecule has 0 unspecified atom stereocenters. The van der Waals surface area contributed by atoms with E-state index in [-0.39, 0.29) is 43.2 Å². The molecule has 0 atom stereocenters. The van der Waals surface area contributed by atoms with E-state index in [1.54, 1.807) is 18.2 Å². The zero-order valence-electron chi connectivity index (χ0n) is 25.6. The van der Waals surface area contributed by atoms with Crippen molar-refractivity contribution in [1.29, 1.82) is 0 Å². The molecule has 2 aromatic carbocycles. The van der Waals surface area contributed by atoms with Crippen molar-refractivity contribution in [3.05, 3.63) is 82.6 Å². The molecule has 2 saturated carbocycles. The second-order valence-corrected chi connectivity index (χ2v) is 11.8. The van der Waals surface area contributed by atoms with Crippen LogP contribution in [0.4, 0.5) is 39.5 Å². The minimum absolute atomic E-state index is 0.0625. The summed E-state index contributed by atoms with van der Waals surface area (Å²) in [6, 6.07) is 9.52. The van der Waals surface area contributed by atoms with Gasteiger partial charge in [-0.3, -0.25) is 0 Å². The van der Waals surface area contributed by atoms with E-state index < -0.39 is 54.0 Å².